The van der Waals surface area contributed by atoms with Crippen molar-refractivity contribution in [3.63, 3.8) is 0 Å². The number of hydrogen-bond acceptors (Lipinski definition) is 4. The van der Waals surface area contributed by atoms with Crippen molar-refractivity contribution in [2.45, 2.75) is 25.7 Å². The van der Waals surface area contributed by atoms with E-state index in [2.05, 4.69) is 0 Å². The molecule has 0 atom stereocenters. The molecule has 0 bridgehead atoms. The molecule has 2 rings (SSSR count). The number of carbonyl (C=O) groups is 2. The zero-order chi connectivity index (χ0) is 17.0. The third kappa shape index (κ3) is 6.24. The van der Waals surface area contributed by atoms with Gasteiger partial charge in [-0.3, -0.25) is 0 Å². The molecule has 0 radical (unpaired) electrons. The Bertz CT molecular complexity index is 565. The summed E-state index contributed by atoms with van der Waals surface area (Å²) in [7, 11) is 0. The quantitative estimate of drug-likeness (QED) is 0.510. The number of hydrogen-bond donors (Lipinski definition) is 0. The van der Waals surface area contributed by atoms with Gasteiger partial charge < -0.3 is 9.47 Å². The molecule has 4 heteroatoms. The minimum atomic E-state index is -0.285. The highest BCUT2D eigenvalue weighted by molar-refractivity contribution is 5.89. The molecule has 0 aliphatic rings. The molecule has 126 valence electrons. The van der Waals surface area contributed by atoms with Crippen LogP contribution in [-0.4, -0.2) is 25.2 Å². The maximum atomic E-state index is 11.7. The highest BCUT2D eigenvalue weighted by Crippen LogP contribution is 2.06. The van der Waals surface area contributed by atoms with Crippen LogP contribution in [0.2, 0.25) is 0 Å². The van der Waals surface area contributed by atoms with Gasteiger partial charge in [0.25, 0.3) is 0 Å². The van der Waals surface area contributed by atoms with Crippen LogP contribution >= 0.6 is 0 Å². The fraction of sp³-hybridized carbons (Fsp3) is 0.300. The van der Waals surface area contributed by atoms with Crippen LogP contribution in [0.4, 0.5) is 0 Å². The van der Waals surface area contributed by atoms with Crippen LogP contribution in [0, 0.1) is 0 Å². The average molecular weight is 326 g/mol. The first-order valence-electron chi connectivity index (χ1n) is 8.22. The fourth-order valence-corrected chi connectivity index (χ4v) is 2.20. The van der Waals surface area contributed by atoms with Crippen molar-refractivity contribution in [3.05, 3.63) is 71.8 Å². The zero-order valence-corrected chi connectivity index (χ0v) is 13.6. The summed E-state index contributed by atoms with van der Waals surface area (Å²) in [6, 6.07) is 17.9. The van der Waals surface area contributed by atoms with Gasteiger partial charge in [0.2, 0.25) is 0 Å². The van der Waals surface area contributed by atoms with E-state index < -0.39 is 0 Å². The Balaban J connectivity index is 1.48. The molecule has 0 aliphatic heterocycles. The Morgan fingerprint density at radius 1 is 0.583 bits per heavy atom. The van der Waals surface area contributed by atoms with Gasteiger partial charge in [0, 0.05) is 0 Å². The second-order valence-corrected chi connectivity index (χ2v) is 5.42. The van der Waals surface area contributed by atoms with Crippen molar-refractivity contribution in [3.8, 4) is 0 Å². The number of carbonyl (C=O) groups excluding carboxylic acids is 2. The number of unbranched alkanes of at least 4 members (excludes halogenated alkanes) is 3. The molecule has 24 heavy (non-hydrogen) atoms. The molecular formula is C20H22O4. The van der Waals surface area contributed by atoms with E-state index in [9.17, 15) is 9.59 Å². The monoisotopic (exact) mass is 326 g/mol. The first kappa shape index (κ1) is 17.7. The van der Waals surface area contributed by atoms with Crippen molar-refractivity contribution >= 4 is 11.9 Å². The molecule has 2 aromatic rings. The maximum Gasteiger partial charge on any atom is 0.338 e. The smallest absolute Gasteiger partial charge is 0.338 e. The van der Waals surface area contributed by atoms with E-state index in [-0.39, 0.29) is 11.9 Å². The van der Waals surface area contributed by atoms with Gasteiger partial charge in [-0.25, -0.2) is 9.59 Å². The number of ether oxygens (including phenoxy) is 2. The molecule has 0 fully saturated rings. The summed E-state index contributed by atoms with van der Waals surface area (Å²) in [6.45, 7) is 0.828. The minimum absolute atomic E-state index is 0.285. The summed E-state index contributed by atoms with van der Waals surface area (Å²) >= 11 is 0. The Hall–Kier alpha value is -2.62. The molecular weight excluding hydrogens is 304 g/mol. The van der Waals surface area contributed by atoms with E-state index in [4.69, 9.17) is 9.47 Å². The molecule has 0 aromatic heterocycles. The molecule has 0 N–H and O–H groups in total. The lowest BCUT2D eigenvalue weighted by Crippen LogP contribution is -2.07. The van der Waals surface area contributed by atoms with Gasteiger partial charge in [-0.1, -0.05) is 36.4 Å². The van der Waals surface area contributed by atoms with Gasteiger partial charge >= 0.3 is 11.9 Å². The second kappa shape index (κ2) is 10.2. The van der Waals surface area contributed by atoms with E-state index in [1.54, 1.807) is 24.3 Å². The molecule has 4 nitrogen and oxygen atoms in total. The van der Waals surface area contributed by atoms with Gasteiger partial charge in [-0.05, 0) is 49.9 Å². The molecule has 0 amide bonds. The third-order valence-corrected chi connectivity index (χ3v) is 3.52. The number of rotatable bonds is 9. The number of benzene rings is 2. The normalized spacial score (nSPS) is 10.2. The summed E-state index contributed by atoms with van der Waals surface area (Å²) in [6.07, 6.45) is 3.49. The highest BCUT2D eigenvalue weighted by Gasteiger charge is 2.06. The van der Waals surface area contributed by atoms with Gasteiger partial charge in [0.15, 0.2) is 0 Å². The molecule has 0 aliphatic carbocycles. The van der Waals surface area contributed by atoms with Crippen LogP contribution < -0.4 is 0 Å². The van der Waals surface area contributed by atoms with Crippen molar-refractivity contribution in [2.24, 2.45) is 0 Å². The second-order valence-electron chi connectivity index (χ2n) is 5.42. The van der Waals surface area contributed by atoms with Gasteiger partial charge in [0.05, 0.1) is 24.3 Å². The largest absolute Gasteiger partial charge is 0.462 e. The van der Waals surface area contributed by atoms with Crippen LogP contribution in [0.15, 0.2) is 60.7 Å². The molecule has 2 aromatic carbocycles. The zero-order valence-electron chi connectivity index (χ0n) is 13.6. The predicted molar refractivity (Wildman–Crippen MR) is 91.9 cm³/mol. The lowest BCUT2D eigenvalue weighted by atomic mass is 10.2. The predicted octanol–water partition coefficient (Wildman–Crippen LogP) is 4.26. The first-order chi connectivity index (χ1) is 11.8. The minimum Gasteiger partial charge on any atom is -0.462 e. The van der Waals surface area contributed by atoms with Crippen LogP contribution in [0.3, 0.4) is 0 Å². The van der Waals surface area contributed by atoms with Crippen molar-refractivity contribution < 1.29 is 19.1 Å². The standard InChI is InChI=1S/C20H22O4/c21-19(17-11-5-3-6-12-17)23-15-9-1-2-10-16-24-20(22)18-13-7-4-8-14-18/h3-8,11-14H,1-2,9-10,15-16H2. The fourth-order valence-electron chi connectivity index (χ4n) is 2.20. The average Bonchev–Trinajstić information content (AvgIpc) is 2.65. The highest BCUT2D eigenvalue weighted by atomic mass is 16.5. The molecule has 0 saturated carbocycles. The van der Waals surface area contributed by atoms with Gasteiger partial charge in [0.1, 0.15) is 0 Å². The van der Waals surface area contributed by atoms with E-state index in [1.807, 2.05) is 36.4 Å². The SMILES string of the molecule is O=C(OCCCCCCOC(=O)c1ccccc1)c1ccccc1. The van der Waals surface area contributed by atoms with Crippen molar-refractivity contribution in [2.75, 3.05) is 13.2 Å². The Labute approximate surface area is 142 Å². The lowest BCUT2D eigenvalue weighted by Gasteiger charge is -2.06. The van der Waals surface area contributed by atoms with E-state index in [1.165, 1.54) is 0 Å². The summed E-state index contributed by atoms with van der Waals surface area (Å²) < 4.78 is 10.4. The molecule has 0 unspecified atom stereocenters. The van der Waals surface area contributed by atoms with E-state index in [0.29, 0.717) is 24.3 Å². The van der Waals surface area contributed by atoms with Crippen LogP contribution in [0.1, 0.15) is 46.4 Å². The van der Waals surface area contributed by atoms with Crippen LogP contribution in [0.5, 0.6) is 0 Å². The third-order valence-electron chi connectivity index (χ3n) is 3.52. The summed E-state index contributed by atoms with van der Waals surface area (Å²) in [5.41, 5.74) is 1.15. The van der Waals surface area contributed by atoms with Crippen LogP contribution in [0.25, 0.3) is 0 Å². The molecule has 0 heterocycles. The first-order valence-corrected chi connectivity index (χ1v) is 8.22. The summed E-state index contributed by atoms with van der Waals surface area (Å²) in [4.78, 5) is 23.4. The maximum absolute atomic E-state index is 11.7. The Morgan fingerprint density at radius 2 is 0.958 bits per heavy atom. The van der Waals surface area contributed by atoms with E-state index >= 15 is 0 Å². The summed E-state index contributed by atoms with van der Waals surface area (Å²) in [5, 5.41) is 0. The Morgan fingerprint density at radius 3 is 1.33 bits per heavy atom. The number of esters is 2. The van der Waals surface area contributed by atoms with E-state index in [0.717, 1.165) is 25.7 Å². The van der Waals surface area contributed by atoms with Crippen molar-refractivity contribution in [1.82, 2.24) is 0 Å². The summed E-state index contributed by atoms with van der Waals surface area (Å²) in [5.74, 6) is -0.570. The van der Waals surface area contributed by atoms with Crippen LogP contribution in [-0.2, 0) is 9.47 Å². The lowest BCUT2D eigenvalue weighted by molar-refractivity contribution is 0.0473. The Kier molecular flexibility index (Phi) is 7.54. The molecule has 0 spiro atoms. The van der Waals surface area contributed by atoms with Gasteiger partial charge in [-0.2, -0.15) is 0 Å². The topological polar surface area (TPSA) is 52.6 Å². The van der Waals surface area contributed by atoms with Crippen molar-refractivity contribution in [1.29, 1.82) is 0 Å². The molecule has 0 saturated heterocycles. The van der Waals surface area contributed by atoms with Gasteiger partial charge in [-0.15, -0.1) is 0 Å².